The number of benzene rings is 3. The Bertz CT molecular complexity index is 1500. The Morgan fingerprint density at radius 1 is 1.11 bits per heavy atom. The summed E-state index contributed by atoms with van der Waals surface area (Å²) < 4.78 is 12.6. The Labute approximate surface area is 209 Å². The molecule has 1 aromatic heterocycles. The lowest BCUT2D eigenvalue weighted by atomic mass is 9.97. The molecule has 1 amide bonds. The van der Waals surface area contributed by atoms with E-state index in [-0.39, 0.29) is 17.6 Å². The third-order valence-corrected chi connectivity index (χ3v) is 6.62. The second-order valence-electron chi connectivity index (χ2n) is 9.13. The maximum atomic E-state index is 13.7. The number of ether oxygens (including phenoxy) is 2. The van der Waals surface area contributed by atoms with Gasteiger partial charge in [-0.1, -0.05) is 42.0 Å². The number of pyridine rings is 1. The average molecular weight is 484 g/mol. The van der Waals surface area contributed by atoms with Gasteiger partial charge in [-0.25, -0.2) is 0 Å². The highest BCUT2D eigenvalue weighted by molar-refractivity contribution is 6.07. The molecule has 0 aliphatic carbocycles. The summed E-state index contributed by atoms with van der Waals surface area (Å²) in [5.74, 6) is 0.723. The number of hydrogen-bond acceptors (Lipinski definition) is 5. The third kappa shape index (κ3) is 4.57. The zero-order chi connectivity index (χ0) is 25.2. The van der Waals surface area contributed by atoms with Crippen LogP contribution in [0.4, 0.5) is 11.5 Å². The van der Waals surface area contributed by atoms with Crippen LogP contribution in [0.3, 0.4) is 0 Å². The van der Waals surface area contributed by atoms with Gasteiger partial charge in [0.25, 0.3) is 11.5 Å². The molecular weight excluding hydrogens is 454 g/mol. The number of rotatable bonds is 6. The van der Waals surface area contributed by atoms with Gasteiger partial charge in [0.05, 0.1) is 19.8 Å². The number of amides is 1. The van der Waals surface area contributed by atoms with Crippen LogP contribution in [0.5, 0.6) is 5.75 Å². The number of carbonyl (C=O) groups is 1. The quantitative estimate of drug-likeness (QED) is 0.402. The van der Waals surface area contributed by atoms with Crippen LogP contribution >= 0.6 is 0 Å². The number of aryl methyl sites for hydroxylation is 1. The number of fused-ring (bicyclic) bond motifs is 1. The Balaban J connectivity index is 1.62. The van der Waals surface area contributed by atoms with Gasteiger partial charge < -0.3 is 20.5 Å². The van der Waals surface area contributed by atoms with E-state index >= 15 is 0 Å². The summed E-state index contributed by atoms with van der Waals surface area (Å²) >= 11 is 0. The highest BCUT2D eigenvalue weighted by Crippen LogP contribution is 2.34. The molecule has 2 heterocycles. The second-order valence-corrected chi connectivity index (χ2v) is 9.13. The summed E-state index contributed by atoms with van der Waals surface area (Å²) in [5, 5.41) is 4.14. The number of anilines is 2. The van der Waals surface area contributed by atoms with Gasteiger partial charge in [0.2, 0.25) is 0 Å². The third-order valence-electron chi connectivity index (χ3n) is 6.62. The number of nitrogen functional groups attached to an aromatic ring is 1. The first-order chi connectivity index (χ1) is 17.4. The predicted molar refractivity (Wildman–Crippen MR) is 143 cm³/mol. The van der Waals surface area contributed by atoms with Crippen LogP contribution < -0.4 is 21.3 Å². The van der Waals surface area contributed by atoms with Crippen molar-refractivity contribution in [2.45, 2.75) is 32.4 Å². The zero-order valence-electron chi connectivity index (χ0n) is 20.4. The van der Waals surface area contributed by atoms with Crippen molar-refractivity contribution in [2.75, 3.05) is 24.8 Å². The van der Waals surface area contributed by atoms with Gasteiger partial charge in [-0.3, -0.25) is 14.2 Å². The number of nitrogens with two attached hydrogens (primary N) is 1. The van der Waals surface area contributed by atoms with Gasteiger partial charge >= 0.3 is 0 Å². The summed E-state index contributed by atoms with van der Waals surface area (Å²) in [7, 11) is 1.56. The predicted octanol–water partition coefficient (Wildman–Crippen LogP) is 5.00. The molecule has 36 heavy (non-hydrogen) atoms. The molecule has 3 N–H and O–H groups in total. The summed E-state index contributed by atoms with van der Waals surface area (Å²) in [4.78, 5) is 26.6. The highest BCUT2D eigenvalue weighted by atomic mass is 16.5. The van der Waals surface area contributed by atoms with Crippen molar-refractivity contribution in [3.63, 3.8) is 0 Å². The number of methoxy groups -OCH3 is 1. The Morgan fingerprint density at radius 3 is 2.69 bits per heavy atom. The van der Waals surface area contributed by atoms with Crippen molar-refractivity contribution >= 4 is 28.2 Å². The maximum absolute atomic E-state index is 13.7. The minimum Gasteiger partial charge on any atom is -0.497 e. The monoisotopic (exact) mass is 483 g/mol. The van der Waals surface area contributed by atoms with Gasteiger partial charge in [0.15, 0.2) is 0 Å². The summed E-state index contributed by atoms with van der Waals surface area (Å²) in [6, 6.07) is 20.3. The minimum absolute atomic E-state index is 0.0521. The van der Waals surface area contributed by atoms with Gasteiger partial charge in [0.1, 0.15) is 11.6 Å². The number of carbonyl (C=O) groups excluding carboxylic acids is 1. The molecule has 7 heteroatoms. The van der Waals surface area contributed by atoms with Crippen molar-refractivity contribution < 1.29 is 14.3 Å². The van der Waals surface area contributed by atoms with E-state index in [4.69, 9.17) is 15.2 Å². The van der Waals surface area contributed by atoms with Gasteiger partial charge in [-0.05, 0) is 61.0 Å². The normalized spacial score (nSPS) is 15.2. The Morgan fingerprint density at radius 2 is 1.94 bits per heavy atom. The van der Waals surface area contributed by atoms with E-state index < -0.39 is 0 Å². The van der Waals surface area contributed by atoms with E-state index in [1.807, 2.05) is 31.2 Å². The van der Waals surface area contributed by atoms with Crippen LogP contribution in [0, 0.1) is 6.92 Å². The maximum Gasteiger partial charge on any atom is 0.260 e. The van der Waals surface area contributed by atoms with Crippen LogP contribution in [0.25, 0.3) is 21.9 Å². The molecule has 3 aromatic carbocycles. The van der Waals surface area contributed by atoms with Crippen molar-refractivity contribution in [1.82, 2.24) is 4.57 Å². The topological polar surface area (TPSA) is 95.6 Å². The highest BCUT2D eigenvalue weighted by Gasteiger charge is 2.22. The summed E-state index contributed by atoms with van der Waals surface area (Å²) in [6.45, 7) is 3.11. The van der Waals surface area contributed by atoms with Crippen molar-refractivity contribution in [1.29, 1.82) is 0 Å². The Hall–Kier alpha value is -4.10. The number of hydrogen-bond donors (Lipinski definition) is 2. The molecule has 184 valence electrons. The lowest BCUT2D eigenvalue weighted by Crippen LogP contribution is -2.29. The number of nitrogens with one attached hydrogen (secondary N) is 1. The fraction of sp³-hybridized carbons (Fsp3) is 0.241. The van der Waals surface area contributed by atoms with Crippen molar-refractivity contribution in [3.8, 4) is 16.9 Å². The van der Waals surface area contributed by atoms with E-state index in [0.717, 1.165) is 34.9 Å². The standard InChI is InChI=1S/C29H29N3O4/c1-18-6-3-7-19(14-18)26-24-12-11-21(31-28(33)20-8-4-9-22(15-20)35-2)16-25(24)29(34)32(27(26)30)17-23-10-5-13-36-23/h3-4,6-9,11-12,14-16,23H,5,10,13,17,30H2,1-2H3,(H,31,33). The largest absolute Gasteiger partial charge is 0.497 e. The summed E-state index contributed by atoms with van der Waals surface area (Å²) in [5.41, 5.74) is 10.3. The van der Waals surface area contributed by atoms with E-state index in [1.165, 1.54) is 0 Å². The molecule has 1 unspecified atom stereocenters. The Kier molecular flexibility index (Phi) is 6.48. The van der Waals surface area contributed by atoms with Crippen molar-refractivity contribution in [2.24, 2.45) is 0 Å². The molecule has 7 nitrogen and oxygen atoms in total. The van der Waals surface area contributed by atoms with Crippen LogP contribution in [0.2, 0.25) is 0 Å². The molecule has 1 aliphatic heterocycles. The van der Waals surface area contributed by atoms with Crippen LogP contribution in [0.1, 0.15) is 28.8 Å². The average Bonchev–Trinajstić information content (AvgIpc) is 3.40. The molecule has 1 fully saturated rings. The first kappa shape index (κ1) is 23.6. The lowest BCUT2D eigenvalue weighted by Gasteiger charge is -2.20. The molecule has 0 bridgehead atoms. The number of aromatic nitrogens is 1. The SMILES string of the molecule is COc1cccc(C(=O)Nc2ccc3c(-c4cccc(C)c4)c(N)n(CC4CCCO4)c(=O)c3c2)c1. The molecular formula is C29H29N3O4. The minimum atomic E-state index is -0.290. The van der Waals surface area contributed by atoms with Crippen molar-refractivity contribution in [3.05, 3.63) is 88.2 Å². The number of nitrogens with zero attached hydrogens (tertiary/aromatic N) is 1. The molecule has 0 saturated carbocycles. The fourth-order valence-corrected chi connectivity index (χ4v) is 4.79. The molecule has 1 atom stereocenters. The van der Waals surface area contributed by atoms with Crippen LogP contribution in [-0.4, -0.2) is 30.3 Å². The molecule has 0 spiro atoms. The van der Waals surface area contributed by atoms with E-state index in [1.54, 1.807) is 48.1 Å². The molecule has 0 radical (unpaired) electrons. The molecule has 1 saturated heterocycles. The lowest BCUT2D eigenvalue weighted by molar-refractivity contribution is 0.0968. The fourth-order valence-electron chi connectivity index (χ4n) is 4.79. The second kappa shape index (κ2) is 9.87. The van der Waals surface area contributed by atoms with Gasteiger partial charge in [0, 0.05) is 28.8 Å². The van der Waals surface area contributed by atoms with Gasteiger partial charge in [-0.15, -0.1) is 0 Å². The first-order valence-corrected chi connectivity index (χ1v) is 12.0. The van der Waals surface area contributed by atoms with E-state index in [9.17, 15) is 9.59 Å². The van der Waals surface area contributed by atoms with E-state index in [2.05, 4.69) is 11.4 Å². The smallest absolute Gasteiger partial charge is 0.260 e. The van der Waals surface area contributed by atoms with E-state index in [0.29, 0.717) is 41.4 Å². The zero-order valence-corrected chi connectivity index (χ0v) is 20.4. The van der Waals surface area contributed by atoms with Crippen LogP contribution in [0.15, 0.2) is 71.5 Å². The van der Waals surface area contributed by atoms with Gasteiger partial charge in [-0.2, -0.15) is 0 Å². The molecule has 1 aliphatic rings. The first-order valence-electron chi connectivity index (χ1n) is 12.0. The van der Waals surface area contributed by atoms with Crippen LogP contribution in [-0.2, 0) is 11.3 Å². The summed E-state index contributed by atoms with van der Waals surface area (Å²) in [6.07, 6.45) is 1.81. The molecule has 4 aromatic rings. The molecule has 5 rings (SSSR count).